The normalized spacial score (nSPS) is 18.1. The summed E-state index contributed by atoms with van der Waals surface area (Å²) in [5.41, 5.74) is 8.60. The monoisotopic (exact) mass is 471 g/mol. The van der Waals surface area contributed by atoms with E-state index in [2.05, 4.69) is 11.9 Å². The number of hydrogen-bond acceptors (Lipinski definition) is 5. The van der Waals surface area contributed by atoms with Gasteiger partial charge in [-0.25, -0.2) is 0 Å². The van der Waals surface area contributed by atoms with Crippen LogP contribution in [0.15, 0.2) is 67.3 Å². The van der Waals surface area contributed by atoms with E-state index in [4.69, 9.17) is 15.6 Å². The molecule has 0 spiro atoms. The number of amides is 2. The molecule has 0 aliphatic carbocycles. The lowest BCUT2D eigenvalue weighted by Gasteiger charge is -2.38. The zero-order valence-electron chi connectivity index (χ0n) is 19.5. The van der Waals surface area contributed by atoms with Crippen LogP contribution in [-0.2, 0) is 11.2 Å². The number of fused-ring (bicyclic) bond motifs is 1. The van der Waals surface area contributed by atoms with E-state index in [0.717, 1.165) is 36.4 Å². The summed E-state index contributed by atoms with van der Waals surface area (Å²) in [4.78, 5) is 26.3. The number of likely N-dealkylation sites (tertiary alicyclic amines) is 1. The van der Waals surface area contributed by atoms with Gasteiger partial charge >= 0.3 is 0 Å². The molecule has 8 nitrogen and oxygen atoms in total. The van der Waals surface area contributed by atoms with Crippen molar-refractivity contribution in [1.82, 2.24) is 20.0 Å². The number of benzene rings is 2. The van der Waals surface area contributed by atoms with Gasteiger partial charge in [0.25, 0.3) is 5.91 Å². The molecule has 1 saturated heterocycles. The van der Waals surface area contributed by atoms with E-state index in [1.807, 2.05) is 64.2 Å². The number of para-hydroxylation sites is 1. The summed E-state index contributed by atoms with van der Waals surface area (Å²) in [6.45, 7) is 5.70. The van der Waals surface area contributed by atoms with Crippen molar-refractivity contribution in [3.8, 4) is 22.8 Å². The van der Waals surface area contributed by atoms with Gasteiger partial charge in [-0.15, -0.1) is 0 Å². The van der Waals surface area contributed by atoms with Gasteiger partial charge in [0.1, 0.15) is 23.4 Å². The van der Waals surface area contributed by atoms with Crippen molar-refractivity contribution in [2.24, 2.45) is 11.7 Å². The Labute approximate surface area is 204 Å². The van der Waals surface area contributed by atoms with Crippen LogP contribution in [0.5, 0.6) is 11.5 Å². The topological polar surface area (TPSA) is 102 Å². The van der Waals surface area contributed by atoms with Gasteiger partial charge in [-0.05, 0) is 61.2 Å². The summed E-state index contributed by atoms with van der Waals surface area (Å²) in [5.74, 6) is 1.24. The molecule has 35 heavy (non-hydrogen) atoms. The predicted molar refractivity (Wildman–Crippen MR) is 133 cm³/mol. The molecule has 3 N–H and O–H groups in total. The van der Waals surface area contributed by atoms with Gasteiger partial charge in [0, 0.05) is 31.6 Å². The number of hydrogen-bond donors (Lipinski definition) is 2. The second-order valence-corrected chi connectivity index (χ2v) is 8.93. The van der Waals surface area contributed by atoms with Gasteiger partial charge in [-0.3, -0.25) is 19.6 Å². The summed E-state index contributed by atoms with van der Waals surface area (Å²) in [6, 6.07) is 17.1. The third-order valence-electron chi connectivity index (χ3n) is 6.81. The fourth-order valence-electron chi connectivity index (χ4n) is 5.06. The van der Waals surface area contributed by atoms with Crippen LogP contribution < -0.4 is 15.8 Å². The molecule has 1 aromatic heterocycles. The van der Waals surface area contributed by atoms with Gasteiger partial charge in [0.2, 0.25) is 5.91 Å². The van der Waals surface area contributed by atoms with Crippen molar-refractivity contribution in [2.45, 2.75) is 25.4 Å². The van der Waals surface area contributed by atoms with Crippen molar-refractivity contribution in [1.29, 1.82) is 0 Å². The van der Waals surface area contributed by atoms with E-state index in [1.54, 1.807) is 0 Å². The lowest BCUT2D eigenvalue weighted by atomic mass is 9.92. The SMILES string of the molecule is C=CC(=O)N1CCC([C@H]2NCCc3c(C(N)=O)c(-c4ccc(Oc5ccccc5)cc4)nn32)CC1. The Morgan fingerprint density at radius 1 is 1.06 bits per heavy atom. The van der Waals surface area contributed by atoms with Gasteiger partial charge in [0.05, 0.1) is 11.3 Å². The van der Waals surface area contributed by atoms with Crippen molar-refractivity contribution in [2.75, 3.05) is 19.6 Å². The molecule has 0 saturated carbocycles. The maximum Gasteiger partial charge on any atom is 0.252 e. The lowest BCUT2D eigenvalue weighted by Crippen LogP contribution is -2.46. The Kier molecular flexibility index (Phi) is 6.37. The minimum absolute atomic E-state index is 0.0298. The van der Waals surface area contributed by atoms with E-state index < -0.39 is 5.91 Å². The summed E-state index contributed by atoms with van der Waals surface area (Å²) in [6.07, 6.45) is 3.69. The highest BCUT2D eigenvalue weighted by molar-refractivity contribution is 6.00. The number of piperidine rings is 1. The maximum absolute atomic E-state index is 12.5. The molecule has 2 aliphatic rings. The molecule has 8 heteroatoms. The molecule has 3 heterocycles. The first-order valence-corrected chi connectivity index (χ1v) is 11.9. The molecule has 1 fully saturated rings. The first-order chi connectivity index (χ1) is 17.0. The van der Waals surface area contributed by atoms with Crippen LogP contribution in [0.2, 0.25) is 0 Å². The number of carbonyl (C=O) groups excluding carboxylic acids is 2. The van der Waals surface area contributed by atoms with E-state index in [-0.39, 0.29) is 18.0 Å². The Balaban J connectivity index is 1.41. The second-order valence-electron chi connectivity index (χ2n) is 8.93. The number of nitrogens with two attached hydrogens (primary N) is 1. The van der Waals surface area contributed by atoms with Crippen LogP contribution in [-0.4, -0.2) is 46.1 Å². The highest BCUT2D eigenvalue weighted by atomic mass is 16.5. The van der Waals surface area contributed by atoms with Crippen LogP contribution in [0.3, 0.4) is 0 Å². The third kappa shape index (κ3) is 4.57. The number of primary amides is 1. The van der Waals surface area contributed by atoms with Crippen LogP contribution in [0.1, 0.15) is 35.1 Å². The van der Waals surface area contributed by atoms with E-state index in [1.165, 1.54) is 6.08 Å². The standard InChI is InChI=1S/C27H29N5O3/c1-2-23(33)31-16-13-19(14-17-31)27-29-15-12-22-24(26(28)34)25(30-32(22)27)18-8-10-21(11-9-18)35-20-6-4-3-5-7-20/h2-11,19,27,29H,1,12-17H2,(H2,28,34)/t27-/m0/s1. The average Bonchev–Trinajstić information content (AvgIpc) is 3.29. The summed E-state index contributed by atoms with van der Waals surface area (Å²) < 4.78 is 7.84. The molecule has 0 unspecified atom stereocenters. The van der Waals surface area contributed by atoms with Crippen molar-refractivity contribution in [3.63, 3.8) is 0 Å². The highest BCUT2D eigenvalue weighted by Crippen LogP contribution is 2.35. The van der Waals surface area contributed by atoms with Crippen molar-refractivity contribution >= 4 is 11.8 Å². The van der Waals surface area contributed by atoms with Crippen LogP contribution >= 0.6 is 0 Å². The fourth-order valence-corrected chi connectivity index (χ4v) is 5.06. The average molecular weight is 472 g/mol. The molecular weight excluding hydrogens is 442 g/mol. The number of ether oxygens (including phenoxy) is 1. The smallest absolute Gasteiger partial charge is 0.252 e. The first kappa shape index (κ1) is 22.9. The highest BCUT2D eigenvalue weighted by Gasteiger charge is 2.35. The Hall–Kier alpha value is -3.91. The molecule has 3 aromatic rings. The molecule has 2 aromatic carbocycles. The minimum atomic E-state index is -0.474. The fraction of sp³-hybridized carbons (Fsp3) is 0.296. The van der Waals surface area contributed by atoms with Crippen LogP contribution in [0.25, 0.3) is 11.3 Å². The van der Waals surface area contributed by atoms with Crippen molar-refractivity contribution in [3.05, 3.63) is 78.5 Å². The summed E-state index contributed by atoms with van der Waals surface area (Å²) in [5, 5.41) is 8.47. The Bertz CT molecular complexity index is 1230. The third-order valence-corrected chi connectivity index (χ3v) is 6.81. The molecule has 0 bridgehead atoms. The number of rotatable bonds is 6. The molecule has 2 aliphatic heterocycles. The molecule has 5 rings (SSSR count). The number of nitrogens with zero attached hydrogens (tertiary/aromatic N) is 3. The van der Waals surface area contributed by atoms with E-state index in [9.17, 15) is 9.59 Å². The molecule has 0 radical (unpaired) electrons. The summed E-state index contributed by atoms with van der Waals surface area (Å²) >= 11 is 0. The summed E-state index contributed by atoms with van der Waals surface area (Å²) in [7, 11) is 0. The number of aromatic nitrogens is 2. The van der Waals surface area contributed by atoms with Crippen LogP contribution in [0, 0.1) is 5.92 Å². The molecule has 1 atom stereocenters. The van der Waals surface area contributed by atoms with E-state index >= 15 is 0 Å². The zero-order valence-corrected chi connectivity index (χ0v) is 19.5. The molecular formula is C27H29N5O3. The van der Waals surface area contributed by atoms with Crippen molar-refractivity contribution < 1.29 is 14.3 Å². The van der Waals surface area contributed by atoms with Gasteiger partial charge in [-0.2, -0.15) is 5.10 Å². The lowest BCUT2D eigenvalue weighted by molar-refractivity contribution is -0.127. The maximum atomic E-state index is 12.5. The Morgan fingerprint density at radius 2 is 1.74 bits per heavy atom. The first-order valence-electron chi connectivity index (χ1n) is 11.9. The quantitative estimate of drug-likeness (QED) is 0.536. The Morgan fingerprint density at radius 3 is 2.40 bits per heavy atom. The number of carbonyl (C=O) groups is 2. The molecule has 180 valence electrons. The minimum Gasteiger partial charge on any atom is -0.457 e. The van der Waals surface area contributed by atoms with Gasteiger partial charge in [-0.1, -0.05) is 24.8 Å². The largest absolute Gasteiger partial charge is 0.457 e. The predicted octanol–water partition coefficient (Wildman–Crippen LogP) is 3.51. The van der Waals surface area contributed by atoms with Gasteiger partial charge in [0.15, 0.2) is 0 Å². The van der Waals surface area contributed by atoms with Crippen LogP contribution in [0.4, 0.5) is 0 Å². The number of nitrogens with one attached hydrogen (secondary N) is 1. The van der Waals surface area contributed by atoms with E-state index in [0.29, 0.717) is 36.5 Å². The second kappa shape index (κ2) is 9.76. The zero-order chi connectivity index (χ0) is 24.4. The van der Waals surface area contributed by atoms with Gasteiger partial charge < -0.3 is 15.4 Å². The molecule has 2 amide bonds.